The van der Waals surface area contributed by atoms with E-state index in [9.17, 15) is 0 Å². The van der Waals surface area contributed by atoms with Crippen LogP contribution in [0.4, 0.5) is 0 Å². The Hall–Kier alpha value is -1.09. The van der Waals surface area contributed by atoms with Crippen LogP contribution in [-0.4, -0.2) is 17.8 Å². The van der Waals surface area contributed by atoms with Crippen LogP contribution in [-0.2, 0) is 11.2 Å². The largest absolute Gasteiger partial charge is 0.376 e. The maximum atomic E-state index is 7.83. The average molecular weight is 208 g/mol. The molecule has 0 aliphatic rings. The Labute approximate surface area is 91.4 Å². The number of aromatic nitrogens is 1. The van der Waals surface area contributed by atoms with Crippen molar-refractivity contribution in [1.82, 2.24) is 4.98 Å². The van der Waals surface area contributed by atoms with Gasteiger partial charge in [-0.25, -0.2) is 0 Å². The first kappa shape index (κ1) is 12.0. The molecule has 0 spiro atoms. The third kappa shape index (κ3) is 2.12. The zero-order valence-electron chi connectivity index (χ0n) is 10.2. The molecule has 0 aliphatic carbocycles. The molecule has 2 N–H and O–H groups in total. The number of H-pyrrole nitrogens is 1. The van der Waals surface area contributed by atoms with E-state index in [-0.39, 0.29) is 6.10 Å². The number of rotatable bonds is 4. The van der Waals surface area contributed by atoms with Gasteiger partial charge in [-0.15, -0.1) is 0 Å². The minimum absolute atomic E-state index is 0.0132. The quantitative estimate of drug-likeness (QED) is 0.734. The van der Waals surface area contributed by atoms with Crippen molar-refractivity contribution in [3.63, 3.8) is 0 Å². The standard InChI is InChI=1S/C12H20N2O/c1-6-10-8(3)14-12(9(4)15-5)11(10)7(2)13/h9,13-14H,6H2,1-5H3. The Kier molecular flexibility index (Phi) is 3.69. The lowest BCUT2D eigenvalue weighted by atomic mass is 10.0. The maximum absolute atomic E-state index is 7.83. The molecule has 0 fully saturated rings. The molecule has 3 nitrogen and oxygen atoms in total. The van der Waals surface area contributed by atoms with Gasteiger partial charge in [-0.2, -0.15) is 0 Å². The number of aromatic amines is 1. The summed E-state index contributed by atoms with van der Waals surface area (Å²) in [5.41, 5.74) is 5.05. The second-order valence-corrected chi connectivity index (χ2v) is 3.87. The fourth-order valence-electron chi connectivity index (χ4n) is 1.98. The fourth-order valence-corrected chi connectivity index (χ4v) is 1.98. The molecule has 0 saturated heterocycles. The summed E-state index contributed by atoms with van der Waals surface area (Å²) in [7, 11) is 1.69. The van der Waals surface area contributed by atoms with Gasteiger partial charge in [0.25, 0.3) is 0 Å². The third-order valence-electron chi connectivity index (χ3n) is 2.83. The monoisotopic (exact) mass is 208 g/mol. The first-order valence-corrected chi connectivity index (χ1v) is 5.32. The topological polar surface area (TPSA) is 48.9 Å². The first-order valence-electron chi connectivity index (χ1n) is 5.32. The zero-order valence-corrected chi connectivity index (χ0v) is 10.2. The summed E-state index contributed by atoms with van der Waals surface area (Å²) in [6, 6.07) is 0. The van der Waals surface area contributed by atoms with E-state index in [4.69, 9.17) is 10.1 Å². The number of nitrogens with one attached hydrogen (secondary N) is 2. The predicted molar refractivity (Wildman–Crippen MR) is 62.8 cm³/mol. The van der Waals surface area contributed by atoms with E-state index < -0.39 is 0 Å². The molecule has 0 aliphatic heterocycles. The highest BCUT2D eigenvalue weighted by Crippen LogP contribution is 2.26. The Morgan fingerprint density at radius 1 is 1.53 bits per heavy atom. The lowest BCUT2D eigenvalue weighted by Gasteiger charge is -2.11. The van der Waals surface area contributed by atoms with Crippen molar-refractivity contribution in [3.05, 3.63) is 22.5 Å². The smallest absolute Gasteiger partial charge is 0.0947 e. The molecule has 0 radical (unpaired) electrons. The normalized spacial score (nSPS) is 12.9. The van der Waals surface area contributed by atoms with E-state index in [1.165, 1.54) is 5.56 Å². The van der Waals surface area contributed by atoms with Gasteiger partial charge in [0, 0.05) is 24.1 Å². The first-order chi connectivity index (χ1) is 7.02. The van der Waals surface area contributed by atoms with Crippen LogP contribution in [0.2, 0.25) is 0 Å². The van der Waals surface area contributed by atoms with Crippen molar-refractivity contribution >= 4 is 5.71 Å². The van der Waals surface area contributed by atoms with Gasteiger partial charge in [-0.3, -0.25) is 0 Å². The van der Waals surface area contributed by atoms with Crippen LogP contribution >= 0.6 is 0 Å². The van der Waals surface area contributed by atoms with Crippen LogP contribution in [0.1, 0.15) is 49.4 Å². The van der Waals surface area contributed by atoms with E-state index in [2.05, 4.69) is 18.8 Å². The van der Waals surface area contributed by atoms with Crippen LogP contribution < -0.4 is 0 Å². The Balaban J connectivity index is 3.33. The molecule has 1 heterocycles. The van der Waals surface area contributed by atoms with E-state index >= 15 is 0 Å². The molecule has 1 aromatic rings. The molecule has 0 saturated carbocycles. The van der Waals surface area contributed by atoms with Gasteiger partial charge >= 0.3 is 0 Å². The van der Waals surface area contributed by atoms with Gasteiger partial charge in [0.1, 0.15) is 0 Å². The van der Waals surface area contributed by atoms with Crippen molar-refractivity contribution in [2.75, 3.05) is 7.11 Å². The molecule has 0 aromatic carbocycles. The number of aryl methyl sites for hydroxylation is 1. The zero-order chi connectivity index (χ0) is 11.6. The van der Waals surface area contributed by atoms with Gasteiger partial charge in [0.2, 0.25) is 0 Å². The molecular formula is C12H20N2O. The highest BCUT2D eigenvalue weighted by atomic mass is 16.5. The van der Waals surface area contributed by atoms with E-state index in [0.29, 0.717) is 5.71 Å². The van der Waals surface area contributed by atoms with Crippen molar-refractivity contribution in [2.45, 2.75) is 40.2 Å². The van der Waals surface area contributed by atoms with Gasteiger partial charge < -0.3 is 15.1 Å². The second-order valence-electron chi connectivity index (χ2n) is 3.87. The molecule has 3 heteroatoms. The van der Waals surface area contributed by atoms with Crippen LogP contribution in [0, 0.1) is 12.3 Å². The lowest BCUT2D eigenvalue weighted by molar-refractivity contribution is 0.116. The minimum atomic E-state index is 0.0132. The van der Waals surface area contributed by atoms with Crippen LogP contribution in [0.3, 0.4) is 0 Å². The molecule has 84 valence electrons. The van der Waals surface area contributed by atoms with Gasteiger partial charge in [0.15, 0.2) is 0 Å². The molecule has 0 bridgehead atoms. The van der Waals surface area contributed by atoms with Gasteiger partial charge in [-0.1, -0.05) is 6.92 Å². The van der Waals surface area contributed by atoms with Crippen LogP contribution in [0.25, 0.3) is 0 Å². The van der Waals surface area contributed by atoms with E-state index in [1.54, 1.807) is 7.11 Å². The summed E-state index contributed by atoms with van der Waals surface area (Å²) in [5, 5.41) is 7.83. The summed E-state index contributed by atoms with van der Waals surface area (Å²) in [6.45, 7) is 7.99. The highest BCUT2D eigenvalue weighted by molar-refractivity contribution is 5.99. The van der Waals surface area contributed by atoms with Gasteiger partial charge in [0.05, 0.1) is 11.8 Å². The average Bonchev–Trinajstić information content (AvgIpc) is 2.53. The molecule has 15 heavy (non-hydrogen) atoms. The molecule has 1 rings (SSSR count). The molecule has 1 aromatic heterocycles. The number of methoxy groups -OCH3 is 1. The van der Waals surface area contributed by atoms with E-state index in [1.807, 2.05) is 13.8 Å². The fraction of sp³-hybridized carbons (Fsp3) is 0.583. The maximum Gasteiger partial charge on any atom is 0.0947 e. The summed E-state index contributed by atoms with van der Waals surface area (Å²) < 4.78 is 5.31. The SMILES string of the molecule is CCc1c(C)[nH]c(C(C)OC)c1C(C)=N. The number of ether oxygens (including phenoxy) is 1. The minimum Gasteiger partial charge on any atom is -0.376 e. The Morgan fingerprint density at radius 2 is 2.13 bits per heavy atom. The molecule has 1 unspecified atom stereocenters. The second kappa shape index (κ2) is 4.62. The summed E-state index contributed by atoms with van der Waals surface area (Å²) in [6.07, 6.45) is 0.962. The van der Waals surface area contributed by atoms with Crippen molar-refractivity contribution in [3.8, 4) is 0 Å². The van der Waals surface area contributed by atoms with Crippen molar-refractivity contribution < 1.29 is 4.74 Å². The highest BCUT2D eigenvalue weighted by Gasteiger charge is 2.19. The third-order valence-corrected chi connectivity index (χ3v) is 2.83. The Morgan fingerprint density at radius 3 is 2.53 bits per heavy atom. The summed E-state index contributed by atoms with van der Waals surface area (Å²) in [4.78, 5) is 3.33. The van der Waals surface area contributed by atoms with Gasteiger partial charge in [-0.05, 0) is 32.8 Å². The van der Waals surface area contributed by atoms with Crippen molar-refractivity contribution in [1.29, 1.82) is 5.41 Å². The molecule has 1 atom stereocenters. The summed E-state index contributed by atoms with van der Waals surface area (Å²) >= 11 is 0. The summed E-state index contributed by atoms with van der Waals surface area (Å²) in [5.74, 6) is 0. The number of hydrogen-bond donors (Lipinski definition) is 2. The number of hydrogen-bond acceptors (Lipinski definition) is 2. The lowest BCUT2D eigenvalue weighted by Crippen LogP contribution is -2.05. The van der Waals surface area contributed by atoms with Crippen molar-refractivity contribution in [2.24, 2.45) is 0 Å². The van der Waals surface area contributed by atoms with E-state index in [0.717, 1.165) is 23.4 Å². The predicted octanol–water partition coefficient (Wildman–Crippen LogP) is 2.98. The van der Waals surface area contributed by atoms with Crippen LogP contribution in [0.15, 0.2) is 0 Å². The molecular weight excluding hydrogens is 188 g/mol. The van der Waals surface area contributed by atoms with Crippen LogP contribution in [0.5, 0.6) is 0 Å². The Bertz CT molecular complexity index is 366. The molecule has 0 amide bonds.